The van der Waals surface area contributed by atoms with Crippen molar-refractivity contribution in [2.75, 3.05) is 0 Å². The topological polar surface area (TPSA) is 56.0 Å². The second kappa shape index (κ2) is 3.95. The van der Waals surface area contributed by atoms with E-state index in [1.165, 1.54) is 0 Å². The van der Waals surface area contributed by atoms with Crippen molar-refractivity contribution in [1.29, 1.82) is 0 Å². The number of nitrogens with zero attached hydrogens (tertiary/aromatic N) is 1. The highest BCUT2D eigenvalue weighted by atomic mass is 79.9. The number of hydrogen-bond donors (Lipinski definition) is 1. The average molecular weight is 269 g/mol. The fourth-order valence-electron chi connectivity index (χ4n) is 0.808. The number of halogens is 4. The SMILES string of the molecule is NC(=O)c1cc(C(F)F)nc(Br)c1F. The van der Waals surface area contributed by atoms with Crippen LogP contribution in [0.5, 0.6) is 0 Å². The van der Waals surface area contributed by atoms with Gasteiger partial charge in [-0.2, -0.15) is 0 Å². The quantitative estimate of drug-likeness (QED) is 0.835. The maximum absolute atomic E-state index is 13.0. The Balaban J connectivity index is 3.35. The first-order chi connectivity index (χ1) is 6.43. The Morgan fingerprint density at radius 3 is 2.57 bits per heavy atom. The van der Waals surface area contributed by atoms with Crippen LogP contribution in [0.2, 0.25) is 0 Å². The van der Waals surface area contributed by atoms with Gasteiger partial charge in [-0.15, -0.1) is 0 Å². The molecule has 1 aromatic heterocycles. The monoisotopic (exact) mass is 268 g/mol. The van der Waals surface area contributed by atoms with Gasteiger partial charge in [-0.3, -0.25) is 4.79 Å². The van der Waals surface area contributed by atoms with Crippen LogP contribution in [0.25, 0.3) is 0 Å². The summed E-state index contributed by atoms with van der Waals surface area (Å²) in [6.45, 7) is 0. The molecule has 7 heteroatoms. The van der Waals surface area contributed by atoms with Gasteiger partial charge >= 0.3 is 0 Å². The lowest BCUT2D eigenvalue weighted by Gasteiger charge is -2.04. The van der Waals surface area contributed by atoms with Crippen molar-refractivity contribution >= 4 is 21.8 Å². The van der Waals surface area contributed by atoms with Crippen LogP contribution in [-0.4, -0.2) is 10.9 Å². The van der Waals surface area contributed by atoms with Gasteiger partial charge in [0.2, 0.25) is 0 Å². The molecule has 0 aliphatic heterocycles. The lowest BCUT2D eigenvalue weighted by atomic mass is 10.2. The zero-order chi connectivity index (χ0) is 10.9. The van der Waals surface area contributed by atoms with Crippen molar-refractivity contribution < 1.29 is 18.0 Å². The van der Waals surface area contributed by atoms with E-state index in [1.54, 1.807) is 0 Å². The first-order valence-corrected chi connectivity index (χ1v) is 4.16. The van der Waals surface area contributed by atoms with E-state index in [4.69, 9.17) is 5.73 Å². The smallest absolute Gasteiger partial charge is 0.280 e. The minimum Gasteiger partial charge on any atom is -0.366 e. The second-order valence-corrected chi connectivity index (χ2v) is 3.12. The molecule has 0 aliphatic carbocycles. The Morgan fingerprint density at radius 2 is 2.14 bits per heavy atom. The lowest BCUT2D eigenvalue weighted by Crippen LogP contribution is -2.15. The molecule has 0 bridgehead atoms. The molecule has 1 aromatic rings. The third-order valence-corrected chi connectivity index (χ3v) is 1.95. The predicted molar refractivity (Wildman–Crippen MR) is 45.4 cm³/mol. The normalized spacial score (nSPS) is 10.6. The van der Waals surface area contributed by atoms with Gasteiger partial charge < -0.3 is 5.73 Å². The molecule has 0 unspecified atom stereocenters. The van der Waals surface area contributed by atoms with Crippen molar-refractivity contribution in [3.8, 4) is 0 Å². The Bertz CT molecular complexity index is 383. The molecule has 0 fully saturated rings. The molecule has 2 N–H and O–H groups in total. The highest BCUT2D eigenvalue weighted by molar-refractivity contribution is 9.10. The Hall–Kier alpha value is -1.11. The van der Waals surface area contributed by atoms with E-state index in [2.05, 4.69) is 20.9 Å². The third-order valence-electron chi connectivity index (χ3n) is 1.43. The first kappa shape index (κ1) is 11.0. The molecular formula is C7H4BrF3N2O. The van der Waals surface area contributed by atoms with Crippen LogP contribution in [-0.2, 0) is 0 Å². The summed E-state index contributed by atoms with van der Waals surface area (Å²) in [4.78, 5) is 13.8. The molecule has 1 amide bonds. The number of aromatic nitrogens is 1. The number of carbonyl (C=O) groups excluding carboxylic acids is 1. The van der Waals surface area contributed by atoms with E-state index in [-0.39, 0.29) is 0 Å². The van der Waals surface area contributed by atoms with Crippen LogP contribution in [0.3, 0.4) is 0 Å². The van der Waals surface area contributed by atoms with Gasteiger partial charge in [0.05, 0.1) is 5.56 Å². The van der Waals surface area contributed by atoms with Gasteiger partial charge in [0.1, 0.15) is 10.3 Å². The van der Waals surface area contributed by atoms with Gasteiger partial charge in [-0.25, -0.2) is 18.2 Å². The van der Waals surface area contributed by atoms with Gasteiger partial charge in [0.15, 0.2) is 5.82 Å². The Labute approximate surface area is 85.2 Å². The molecule has 3 nitrogen and oxygen atoms in total. The number of amides is 1. The fraction of sp³-hybridized carbons (Fsp3) is 0.143. The molecule has 0 spiro atoms. The van der Waals surface area contributed by atoms with Gasteiger partial charge in [0.25, 0.3) is 12.3 Å². The summed E-state index contributed by atoms with van der Waals surface area (Å²) < 4.78 is 36.9. The van der Waals surface area contributed by atoms with Gasteiger partial charge in [0, 0.05) is 0 Å². The van der Waals surface area contributed by atoms with Crippen molar-refractivity contribution in [3.05, 3.63) is 27.7 Å². The summed E-state index contributed by atoms with van der Waals surface area (Å²) in [7, 11) is 0. The summed E-state index contributed by atoms with van der Waals surface area (Å²) in [5.41, 5.74) is 3.47. The molecule has 76 valence electrons. The third kappa shape index (κ3) is 2.03. The predicted octanol–water partition coefficient (Wildman–Crippen LogP) is 2.02. The summed E-state index contributed by atoms with van der Waals surface area (Å²) in [6.07, 6.45) is -2.88. The molecule has 1 heterocycles. The average Bonchev–Trinajstić information content (AvgIpc) is 2.08. The van der Waals surface area contributed by atoms with E-state index in [0.717, 1.165) is 0 Å². The number of nitrogens with two attached hydrogens (primary N) is 1. The largest absolute Gasteiger partial charge is 0.366 e. The van der Waals surface area contributed by atoms with E-state index in [0.29, 0.717) is 6.07 Å². The minimum atomic E-state index is -2.88. The summed E-state index contributed by atoms with van der Waals surface area (Å²) in [5, 5.41) is 0. The Kier molecular flexibility index (Phi) is 3.10. The van der Waals surface area contributed by atoms with E-state index in [9.17, 15) is 18.0 Å². The van der Waals surface area contributed by atoms with E-state index in [1.807, 2.05) is 0 Å². The van der Waals surface area contributed by atoms with Crippen LogP contribution in [0, 0.1) is 5.82 Å². The fourth-order valence-corrected chi connectivity index (χ4v) is 1.23. The molecule has 0 radical (unpaired) electrons. The molecular weight excluding hydrogens is 265 g/mol. The zero-order valence-corrected chi connectivity index (χ0v) is 8.19. The summed E-state index contributed by atoms with van der Waals surface area (Å²) in [5.74, 6) is -2.16. The summed E-state index contributed by atoms with van der Waals surface area (Å²) >= 11 is 2.61. The van der Waals surface area contributed by atoms with Crippen LogP contribution < -0.4 is 5.73 Å². The second-order valence-electron chi connectivity index (χ2n) is 2.36. The van der Waals surface area contributed by atoms with Gasteiger partial charge in [-0.05, 0) is 22.0 Å². The van der Waals surface area contributed by atoms with Crippen LogP contribution in [0.1, 0.15) is 22.5 Å². The van der Waals surface area contributed by atoms with Crippen LogP contribution in [0.15, 0.2) is 10.7 Å². The minimum absolute atomic E-state index is 0.455. The molecule has 14 heavy (non-hydrogen) atoms. The number of pyridine rings is 1. The summed E-state index contributed by atoms with van der Waals surface area (Å²) in [6, 6.07) is 0.632. The maximum Gasteiger partial charge on any atom is 0.280 e. The molecule has 1 rings (SSSR count). The molecule has 0 atom stereocenters. The maximum atomic E-state index is 13.0. The van der Waals surface area contributed by atoms with Crippen molar-refractivity contribution in [2.45, 2.75) is 6.43 Å². The van der Waals surface area contributed by atoms with Crippen molar-refractivity contribution in [1.82, 2.24) is 4.98 Å². The van der Waals surface area contributed by atoms with Crippen molar-refractivity contribution in [2.24, 2.45) is 5.73 Å². The Morgan fingerprint density at radius 1 is 1.57 bits per heavy atom. The number of primary amides is 1. The molecule has 0 aliphatic rings. The molecule has 0 saturated heterocycles. The highest BCUT2D eigenvalue weighted by Crippen LogP contribution is 2.23. The highest BCUT2D eigenvalue weighted by Gasteiger charge is 2.18. The number of hydrogen-bond acceptors (Lipinski definition) is 2. The van der Waals surface area contributed by atoms with Crippen molar-refractivity contribution in [3.63, 3.8) is 0 Å². The number of rotatable bonds is 2. The molecule has 0 saturated carbocycles. The molecule has 0 aromatic carbocycles. The number of carbonyl (C=O) groups is 1. The first-order valence-electron chi connectivity index (χ1n) is 3.37. The standard InChI is InChI=1S/C7H4BrF3N2O/c8-5-4(9)2(7(12)14)1-3(13-5)6(10)11/h1,6H,(H2,12,14). The van der Waals surface area contributed by atoms with E-state index < -0.39 is 34.0 Å². The van der Waals surface area contributed by atoms with Crippen LogP contribution in [0.4, 0.5) is 13.2 Å². The van der Waals surface area contributed by atoms with Crippen LogP contribution >= 0.6 is 15.9 Å². The van der Waals surface area contributed by atoms with Gasteiger partial charge in [-0.1, -0.05) is 0 Å². The number of alkyl halides is 2. The zero-order valence-electron chi connectivity index (χ0n) is 6.60. The lowest BCUT2D eigenvalue weighted by molar-refractivity contribution is 0.0995. The van der Waals surface area contributed by atoms with E-state index >= 15 is 0 Å².